The molecule has 1 N–H and O–H groups in total. The molecular formula is C18H18ClN3O2S. The van der Waals surface area contributed by atoms with Crippen molar-refractivity contribution in [2.75, 3.05) is 5.75 Å². The zero-order valence-corrected chi connectivity index (χ0v) is 15.3. The van der Waals surface area contributed by atoms with Crippen LogP contribution in [0.2, 0.25) is 5.02 Å². The molecule has 0 aliphatic heterocycles. The van der Waals surface area contributed by atoms with Crippen molar-refractivity contribution >= 4 is 21.6 Å². The van der Waals surface area contributed by atoms with Gasteiger partial charge in [0.2, 0.25) is 10.0 Å². The molecule has 1 aliphatic carbocycles. The second-order valence-electron chi connectivity index (χ2n) is 6.15. The Labute approximate surface area is 152 Å². The summed E-state index contributed by atoms with van der Waals surface area (Å²) in [5.41, 5.74) is 2.94. The van der Waals surface area contributed by atoms with Gasteiger partial charge in [-0.1, -0.05) is 17.7 Å². The Hall–Kier alpha value is -1.94. The summed E-state index contributed by atoms with van der Waals surface area (Å²) in [6, 6.07) is 8.92. The summed E-state index contributed by atoms with van der Waals surface area (Å²) in [7, 11) is -3.30. The van der Waals surface area contributed by atoms with E-state index < -0.39 is 10.0 Å². The lowest BCUT2D eigenvalue weighted by Crippen LogP contribution is -2.31. The fraction of sp³-hybridized carbons (Fsp3) is 0.333. The van der Waals surface area contributed by atoms with E-state index in [0.29, 0.717) is 16.5 Å². The Morgan fingerprint density at radius 2 is 2.08 bits per heavy atom. The first-order valence-electron chi connectivity index (χ1n) is 8.08. The van der Waals surface area contributed by atoms with Crippen LogP contribution in [0.25, 0.3) is 11.1 Å². The molecular weight excluding hydrogens is 358 g/mol. The van der Waals surface area contributed by atoms with E-state index in [9.17, 15) is 8.42 Å². The third kappa shape index (κ3) is 4.18. The van der Waals surface area contributed by atoms with Gasteiger partial charge in [0.25, 0.3) is 0 Å². The largest absolute Gasteiger partial charge is 0.264 e. The van der Waals surface area contributed by atoms with Crippen molar-refractivity contribution < 1.29 is 8.42 Å². The third-order valence-corrected chi connectivity index (χ3v) is 6.01. The average Bonchev–Trinajstić information content (AvgIpc) is 3.45. The summed E-state index contributed by atoms with van der Waals surface area (Å²) in [6.07, 6.45) is 5.42. The van der Waals surface area contributed by atoms with Crippen molar-refractivity contribution in [1.29, 1.82) is 5.26 Å². The second-order valence-corrected chi connectivity index (χ2v) is 8.60. The summed E-state index contributed by atoms with van der Waals surface area (Å²) < 4.78 is 26.8. The predicted octanol–water partition coefficient (Wildman–Crippen LogP) is 3.66. The highest BCUT2D eigenvalue weighted by atomic mass is 35.5. The number of rotatable bonds is 6. The predicted molar refractivity (Wildman–Crippen MR) is 97.5 cm³/mol. The fourth-order valence-electron chi connectivity index (χ4n) is 2.71. The van der Waals surface area contributed by atoms with Crippen LogP contribution in [0.1, 0.15) is 36.9 Å². The molecule has 5 nitrogen and oxygen atoms in total. The first-order chi connectivity index (χ1) is 11.9. The first kappa shape index (κ1) is 17.9. The molecule has 1 atom stereocenters. The summed E-state index contributed by atoms with van der Waals surface area (Å²) in [5, 5.41) is 9.37. The number of benzene rings is 1. The van der Waals surface area contributed by atoms with Crippen LogP contribution < -0.4 is 4.72 Å². The molecule has 1 aliphatic rings. The minimum Gasteiger partial charge on any atom is -0.264 e. The lowest BCUT2D eigenvalue weighted by atomic mass is 10.00. The van der Waals surface area contributed by atoms with Gasteiger partial charge in [-0.3, -0.25) is 4.98 Å². The van der Waals surface area contributed by atoms with Crippen molar-refractivity contribution in [3.8, 4) is 17.2 Å². The zero-order valence-electron chi connectivity index (χ0n) is 13.7. The van der Waals surface area contributed by atoms with E-state index in [4.69, 9.17) is 16.9 Å². The minimum atomic E-state index is -3.30. The smallest absolute Gasteiger partial charge is 0.211 e. The van der Waals surface area contributed by atoms with Gasteiger partial charge in [-0.25, -0.2) is 13.1 Å². The van der Waals surface area contributed by atoms with Gasteiger partial charge in [0, 0.05) is 18.0 Å². The summed E-state index contributed by atoms with van der Waals surface area (Å²) >= 11 is 6.11. The topological polar surface area (TPSA) is 82.8 Å². The highest BCUT2D eigenvalue weighted by Gasteiger charge is 2.35. The minimum absolute atomic E-state index is 0.0502. The van der Waals surface area contributed by atoms with Crippen molar-refractivity contribution in [2.24, 2.45) is 5.92 Å². The van der Waals surface area contributed by atoms with Gasteiger partial charge in [0.15, 0.2) is 0 Å². The number of nitriles is 1. The monoisotopic (exact) mass is 375 g/mol. The molecule has 1 unspecified atom stereocenters. The van der Waals surface area contributed by atoms with Crippen LogP contribution >= 0.6 is 11.6 Å². The first-order valence-corrected chi connectivity index (χ1v) is 10.1. The van der Waals surface area contributed by atoms with Crippen molar-refractivity contribution in [3.63, 3.8) is 0 Å². The number of sulfonamides is 1. The molecule has 0 spiro atoms. The molecule has 0 saturated heterocycles. The van der Waals surface area contributed by atoms with Gasteiger partial charge in [-0.2, -0.15) is 5.26 Å². The number of hydrogen-bond acceptors (Lipinski definition) is 4. The maximum absolute atomic E-state index is 12.0. The highest BCUT2D eigenvalue weighted by Crippen LogP contribution is 2.42. The van der Waals surface area contributed by atoms with Crippen molar-refractivity contribution in [1.82, 2.24) is 9.71 Å². The van der Waals surface area contributed by atoms with Crippen LogP contribution in [-0.4, -0.2) is 19.2 Å². The van der Waals surface area contributed by atoms with E-state index in [1.54, 1.807) is 31.5 Å². The maximum atomic E-state index is 12.0. The lowest BCUT2D eigenvalue weighted by Gasteiger charge is -2.18. The van der Waals surface area contributed by atoms with E-state index in [0.717, 1.165) is 29.5 Å². The molecule has 1 heterocycles. The van der Waals surface area contributed by atoms with Crippen molar-refractivity contribution in [2.45, 2.75) is 25.8 Å². The van der Waals surface area contributed by atoms with Gasteiger partial charge in [-0.15, -0.1) is 0 Å². The number of aromatic nitrogens is 1. The van der Waals surface area contributed by atoms with E-state index >= 15 is 0 Å². The van der Waals surface area contributed by atoms with E-state index in [1.165, 1.54) is 0 Å². The molecule has 1 fully saturated rings. The number of nitrogens with zero attached hydrogens (tertiary/aromatic N) is 2. The van der Waals surface area contributed by atoms with Crippen LogP contribution in [-0.2, 0) is 10.0 Å². The maximum Gasteiger partial charge on any atom is 0.211 e. The quantitative estimate of drug-likeness (QED) is 0.835. The molecule has 0 amide bonds. The Kier molecular flexibility index (Phi) is 5.09. The standard InChI is InChI=1S/C18H18ClN3O2S/c1-2-25(23,24)22-18(12-3-4-12)16-7-15(10-21-11-16)13-5-6-14(9-20)17(19)8-13/h5-8,10-12,18,22H,2-4H2,1H3. The van der Waals surface area contributed by atoms with Gasteiger partial charge in [0.1, 0.15) is 6.07 Å². The van der Waals surface area contributed by atoms with Gasteiger partial charge in [0.05, 0.1) is 22.4 Å². The molecule has 1 aromatic carbocycles. The Balaban J connectivity index is 1.95. The zero-order chi connectivity index (χ0) is 18.0. The van der Waals surface area contributed by atoms with Gasteiger partial charge >= 0.3 is 0 Å². The molecule has 0 bridgehead atoms. The number of hydrogen-bond donors (Lipinski definition) is 1. The summed E-state index contributed by atoms with van der Waals surface area (Å²) in [5.74, 6) is 0.358. The third-order valence-electron chi connectivity index (χ3n) is 4.32. The molecule has 3 rings (SSSR count). The summed E-state index contributed by atoms with van der Waals surface area (Å²) in [4.78, 5) is 4.28. The number of nitrogens with one attached hydrogen (secondary N) is 1. The molecule has 1 aromatic heterocycles. The normalized spacial score (nSPS) is 15.6. The Bertz CT molecular complexity index is 934. The summed E-state index contributed by atoms with van der Waals surface area (Å²) in [6.45, 7) is 1.62. The number of halogens is 1. The van der Waals surface area contributed by atoms with Gasteiger partial charge in [-0.05, 0) is 55.0 Å². The van der Waals surface area contributed by atoms with Crippen molar-refractivity contribution in [3.05, 3.63) is 52.8 Å². The van der Waals surface area contributed by atoms with Crippen LogP contribution in [0.4, 0.5) is 0 Å². The lowest BCUT2D eigenvalue weighted by molar-refractivity contribution is 0.529. The van der Waals surface area contributed by atoms with Crippen LogP contribution in [0.5, 0.6) is 0 Å². The molecule has 2 aromatic rings. The fourth-order valence-corrected chi connectivity index (χ4v) is 3.82. The molecule has 7 heteroatoms. The van der Waals surface area contributed by atoms with Gasteiger partial charge < -0.3 is 0 Å². The Morgan fingerprint density at radius 1 is 1.32 bits per heavy atom. The second kappa shape index (κ2) is 7.12. The average molecular weight is 376 g/mol. The van der Waals surface area contributed by atoms with Crippen LogP contribution in [0.15, 0.2) is 36.7 Å². The van der Waals surface area contributed by atoms with E-state index in [1.807, 2.05) is 18.2 Å². The van der Waals surface area contributed by atoms with Crippen LogP contribution in [0.3, 0.4) is 0 Å². The molecule has 1 saturated carbocycles. The highest BCUT2D eigenvalue weighted by molar-refractivity contribution is 7.89. The molecule has 25 heavy (non-hydrogen) atoms. The Morgan fingerprint density at radius 3 is 2.68 bits per heavy atom. The van der Waals surface area contributed by atoms with Crippen LogP contribution in [0, 0.1) is 17.2 Å². The molecule has 130 valence electrons. The van der Waals surface area contributed by atoms with E-state index in [2.05, 4.69) is 9.71 Å². The van der Waals surface area contributed by atoms with E-state index in [-0.39, 0.29) is 11.8 Å². The number of pyridine rings is 1. The SMILES string of the molecule is CCS(=O)(=O)NC(c1cncc(-c2ccc(C#N)c(Cl)c2)c1)C1CC1. The molecule has 0 radical (unpaired) electrons.